The van der Waals surface area contributed by atoms with Crippen molar-refractivity contribution in [2.45, 2.75) is 42.5 Å². The molecule has 53 heavy (non-hydrogen) atoms. The van der Waals surface area contributed by atoms with E-state index in [1.807, 2.05) is 41.3 Å². The van der Waals surface area contributed by atoms with Crippen molar-refractivity contribution in [3.05, 3.63) is 149 Å². The molecule has 0 fully saturated rings. The average molecular weight is 883 g/mol. The number of benzene rings is 4. The summed E-state index contributed by atoms with van der Waals surface area (Å²) in [6.07, 6.45) is 6.88. The van der Waals surface area contributed by atoms with Crippen LogP contribution in [0.1, 0.15) is 34.2 Å². The first-order chi connectivity index (χ1) is 25.3. The third-order valence-corrected chi connectivity index (χ3v) is 12.3. The van der Waals surface area contributed by atoms with Gasteiger partial charge in [-0.25, -0.2) is 13.1 Å². The molecule has 11 nitrogen and oxygen atoms in total. The lowest BCUT2D eigenvalue weighted by Gasteiger charge is -2.37. The number of allylic oxidation sites excluding steroid dienone is 2. The Morgan fingerprint density at radius 2 is 1.87 bits per heavy atom. The van der Waals surface area contributed by atoms with Crippen LogP contribution in [0.5, 0.6) is 5.75 Å². The summed E-state index contributed by atoms with van der Waals surface area (Å²) in [5.74, 6) is -0.275. The molecular weight excluding hydrogens is 852 g/mol. The number of methoxy groups -OCH3 is 1. The molecule has 1 aliphatic carbocycles. The fraction of sp³-hybridized carbons (Fsp3) is 0.211. The smallest absolute Gasteiger partial charge is 0.289 e. The number of nitro groups is 1. The minimum absolute atomic E-state index is 0.128. The fourth-order valence-electron chi connectivity index (χ4n) is 6.24. The summed E-state index contributed by atoms with van der Waals surface area (Å²) in [4.78, 5) is 25.9. The number of hydrogen-bond acceptors (Lipinski definition) is 9. The first kappa shape index (κ1) is 38.4. The average Bonchev–Trinajstić information content (AvgIpc) is 3.15. The van der Waals surface area contributed by atoms with Crippen molar-refractivity contribution in [3.8, 4) is 11.8 Å². The number of nitrogens with zero attached hydrogens (tertiary/aromatic N) is 3. The van der Waals surface area contributed by atoms with Crippen LogP contribution in [-0.2, 0) is 39.1 Å². The quantitative estimate of drug-likeness (QED) is 0.117. The molecule has 0 aromatic heterocycles. The Kier molecular flexibility index (Phi) is 11.5. The second-order valence-corrected chi connectivity index (χ2v) is 16.3. The van der Waals surface area contributed by atoms with E-state index in [0.717, 1.165) is 46.0 Å². The molecule has 1 N–H and O–H groups in total. The van der Waals surface area contributed by atoms with Gasteiger partial charge in [0.15, 0.2) is 0 Å². The Hall–Kier alpha value is -4.36. The summed E-state index contributed by atoms with van der Waals surface area (Å²) in [7, 11) is -2.87. The second kappa shape index (κ2) is 15.9. The van der Waals surface area contributed by atoms with Crippen molar-refractivity contribution in [2.75, 3.05) is 13.7 Å². The SMILES string of the molecule is COC1(COc2c(Br)cc3c(c2Br)CN(Cc2ccc(C#N)cc2)[C@H](C(=O)NS(=O)(=O)c2ccc(Cl)c([N+](=O)[O-])c2)C3)C=CC(c2ccccc2)=CC1. The summed E-state index contributed by atoms with van der Waals surface area (Å²) < 4.78 is 42.5. The number of hydrogen-bond donors (Lipinski definition) is 1. The maximum absolute atomic E-state index is 13.9. The minimum Gasteiger partial charge on any atom is -0.488 e. The molecule has 0 radical (unpaired) electrons. The molecule has 4 aromatic carbocycles. The van der Waals surface area contributed by atoms with E-state index in [1.165, 1.54) is 0 Å². The Labute approximate surface area is 328 Å². The van der Waals surface area contributed by atoms with Gasteiger partial charge in [-0.2, -0.15) is 5.26 Å². The van der Waals surface area contributed by atoms with Gasteiger partial charge in [-0.15, -0.1) is 0 Å². The molecule has 0 spiro atoms. The third kappa shape index (κ3) is 8.41. The summed E-state index contributed by atoms with van der Waals surface area (Å²) in [5.41, 5.74) is 3.77. The van der Waals surface area contributed by atoms with E-state index < -0.39 is 43.1 Å². The van der Waals surface area contributed by atoms with E-state index in [4.69, 9.17) is 21.1 Å². The number of rotatable bonds is 11. The molecular formula is C38H31Br2ClN4O7S. The number of ether oxygens (including phenoxy) is 2. The van der Waals surface area contributed by atoms with Crippen LogP contribution in [0.3, 0.4) is 0 Å². The molecule has 2 atom stereocenters. The number of nitriles is 1. The highest BCUT2D eigenvalue weighted by Gasteiger charge is 2.37. The summed E-state index contributed by atoms with van der Waals surface area (Å²) >= 11 is 13.3. The maximum atomic E-state index is 13.9. The number of carbonyl (C=O) groups is 1. The van der Waals surface area contributed by atoms with Crippen molar-refractivity contribution >= 4 is 70.7 Å². The molecule has 4 aromatic rings. The van der Waals surface area contributed by atoms with E-state index in [9.17, 15) is 28.6 Å². The number of nitro benzene ring substituents is 1. The largest absolute Gasteiger partial charge is 0.488 e. The van der Waals surface area contributed by atoms with E-state index in [-0.39, 0.29) is 31.1 Å². The van der Waals surface area contributed by atoms with Gasteiger partial charge in [-0.1, -0.05) is 66.2 Å². The topological polar surface area (TPSA) is 152 Å². The maximum Gasteiger partial charge on any atom is 0.289 e. The van der Waals surface area contributed by atoms with Gasteiger partial charge in [0.2, 0.25) is 0 Å². The van der Waals surface area contributed by atoms with Gasteiger partial charge >= 0.3 is 0 Å². The van der Waals surface area contributed by atoms with Gasteiger partial charge in [0, 0.05) is 32.7 Å². The third-order valence-electron chi connectivity index (χ3n) is 9.22. The molecule has 1 amide bonds. The van der Waals surface area contributed by atoms with E-state index >= 15 is 0 Å². The van der Waals surface area contributed by atoms with Crippen LogP contribution in [0, 0.1) is 21.4 Å². The summed E-state index contributed by atoms with van der Waals surface area (Å²) in [6.45, 7) is 0.667. The van der Waals surface area contributed by atoms with Crippen LogP contribution < -0.4 is 9.46 Å². The summed E-state index contributed by atoms with van der Waals surface area (Å²) in [5, 5.41) is 20.5. The lowest BCUT2D eigenvalue weighted by Crippen LogP contribution is -2.51. The zero-order valence-electron chi connectivity index (χ0n) is 28.1. The molecule has 1 heterocycles. The first-order valence-electron chi connectivity index (χ1n) is 16.2. The zero-order chi connectivity index (χ0) is 37.9. The zero-order valence-corrected chi connectivity index (χ0v) is 32.8. The van der Waals surface area contributed by atoms with E-state index in [0.29, 0.717) is 26.7 Å². The number of halogens is 3. The minimum atomic E-state index is -4.52. The van der Waals surface area contributed by atoms with Crippen LogP contribution >= 0.6 is 43.5 Å². The highest BCUT2D eigenvalue weighted by Crippen LogP contribution is 2.43. The monoisotopic (exact) mass is 880 g/mol. The Balaban J connectivity index is 1.27. The molecule has 15 heteroatoms. The highest BCUT2D eigenvalue weighted by molar-refractivity contribution is 9.11. The van der Waals surface area contributed by atoms with E-state index in [1.54, 1.807) is 31.4 Å². The molecule has 0 bridgehead atoms. The van der Waals surface area contributed by atoms with Crippen LogP contribution in [0.2, 0.25) is 5.02 Å². The van der Waals surface area contributed by atoms with Crippen LogP contribution in [0.25, 0.3) is 5.57 Å². The number of carbonyl (C=O) groups excluding carboxylic acids is 1. The van der Waals surface area contributed by atoms with Crippen molar-refractivity contribution in [1.82, 2.24) is 9.62 Å². The second-order valence-electron chi connectivity index (χ2n) is 12.5. The van der Waals surface area contributed by atoms with Crippen LogP contribution in [0.15, 0.2) is 111 Å². The lowest BCUT2D eigenvalue weighted by molar-refractivity contribution is -0.384. The Bertz CT molecular complexity index is 2300. The normalized spacial score (nSPS) is 18.4. The van der Waals surface area contributed by atoms with Gasteiger partial charge in [0.1, 0.15) is 23.0 Å². The fourth-order valence-corrected chi connectivity index (χ4v) is 9.03. The van der Waals surface area contributed by atoms with Crippen molar-refractivity contribution in [2.24, 2.45) is 0 Å². The molecule has 6 rings (SSSR count). The molecule has 0 saturated carbocycles. The van der Waals surface area contributed by atoms with Gasteiger partial charge < -0.3 is 9.47 Å². The highest BCUT2D eigenvalue weighted by atomic mass is 79.9. The Morgan fingerprint density at radius 1 is 1.13 bits per heavy atom. The summed E-state index contributed by atoms with van der Waals surface area (Å²) in [6, 6.07) is 23.0. The Morgan fingerprint density at radius 3 is 2.51 bits per heavy atom. The first-order valence-corrected chi connectivity index (χ1v) is 19.6. The number of nitrogens with one attached hydrogen (secondary N) is 1. The van der Waals surface area contributed by atoms with Gasteiger partial charge in [-0.3, -0.25) is 19.8 Å². The molecule has 0 saturated heterocycles. The number of amides is 1. The van der Waals surface area contributed by atoms with Crippen LogP contribution in [0.4, 0.5) is 5.69 Å². The van der Waals surface area contributed by atoms with Crippen molar-refractivity contribution in [3.63, 3.8) is 0 Å². The van der Waals surface area contributed by atoms with Gasteiger partial charge in [0.05, 0.1) is 36.4 Å². The lowest BCUT2D eigenvalue weighted by atomic mass is 9.90. The molecule has 2 aliphatic rings. The predicted molar refractivity (Wildman–Crippen MR) is 207 cm³/mol. The molecule has 1 aliphatic heterocycles. The standard InChI is InChI=1S/C38H31Br2ClN4O7S/c1-51-38(15-13-27(14-16-38)26-5-3-2-4-6-26)23-52-36-31(39)17-28-18-34(37(46)43-53(49,50)29-11-12-32(41)33(19-29)45(47)48)44(22-30(28)35(36)40)21-25-9-7-24(20-42)8-10-25/h2-15,17,19,34H,16,18,21-23H2,1H3,(H,43,46)/t34-,38?/m0/s1. The number of sulfonamides is 1. The van der Waals surface area contributed by atoms with Gasteiger partial charge in [-0.05, 0) is 103 Å². The van der Waals surface area contributed by atoms with Crippen LogP contribution in [-0.4, -0.2) is 49.5 Å². The molecule has 1 unspecified atom stereocenters. The molecule has 272 valence electrons. The predicted octanol–water partition coefficient (Wildman–Crippen LogP) is 7.88. The van der Waals surface area contributed by atoms with Crippen molar-refractivity contribution in [1.29, 1.82) is 5.26 Å². The number of fused-ring (bicyclic) bond motifs is 1. The van der Waals surface area contributed by atoms with E-state index in [2.05, 4.69) is 60.9 Å². The van der Waals surface area contributed by atoms with Gasteiger partial charge in [0.25, 0.3) is 21.6 Å². The van der Waals surface area contributed by atoms with Crippen molar-refractivity contribution < 1.29 is 27.6 Å².